The van der Waals surface area contributed by atoms with Gasteiger partial charge in [-0.15, -0.1) is 11.3 Å². The predicted octanol–water partition coefficient (Wildman–Crippen LogP) is 3.82. The standard InChI is InChI=1S/C17H14BrNO4S3/c18-13-6-8-15(9-7-13)25(20,21)16-4-1-5-17(11-16)26(22,23)19-12-14-3-2-10-24-14/h1-11,19H,12H2. The molecule has 0 aliphatic heterocycles. The van der Waals surface area contributed by atoms with Crippen LogP contribution in [0.3, 0.4) is 0 Å². The molecule has 0 saturated heterocycles. The molecule has 3 aromatic rings. The summed E-state index contributed by atoms with van der Waals surface area (Å²) in [5.74, 6) is 0. The van der Waals surface area contributed by atoms with E-state index in [4.69, 9.17) is 0 Å². The molecule has 0 atom stereocenters. The number of nitrogens with one attached hydrogen (secondary N) is 1. The van der Waals surface area contributed by atoms with Gasteiger partial charge >= 0.3 is 0 Å². The van der Waals surface area contributed by atoms with Crippen molar-refractivity contribution in [2.45, 2.75) is 21.2 Å². The Morgan fingerprint density at radius 3 is 2.19 bits per heavy atom. The quantitative estimate of drug-likeness (QED) is 0.592. The molecule has 26 heavy (non-hydrogen) atoms. The van der Waals surface area contributed by atoms with Crippen LogP contribution in [0.25, 0.3) is 0 Å². The van der Waals surface area contributed by atoms with Crippen LogP contribution in [-0.2, 0) is 26.4 Å². The van der Waals surface area contributed by atoms with Gasteiger partial charge in [0.1, 0.15) is 0 Å². The number of benzene rings is 2. The third kappa shape index (κ3) is 4.24. The number of rotatable bonds is 6. The molecule has 1 aromatic heterocycles. The van der Waals surface area contributed by atoms with E-state index in [0.29, 0.717) is 0 Å². The fourth-order valence-electron chi connectivity index (χ4n) is 2.22. The second-order valence-electron chi connectivity index (χ2n) is 5.34. The molecule has 0 aliphatic carbocycles. The molecule has 2 aromatic carbocycles. The highest BCUT2D eigenvalue weighted by molar-refractivity contribution is 9.10. The van der Waals surface area contributed by atoms with Gasteiger partial charge in [0.2, 0.25) is 19.9 Å². The molecule has 1 N–H and O–H groups in total. The lowest BCUT2D eigenvalue weighted by atomic mass is 10.4. The lowest BCUT2D eigenvalue weighted by Crippen LogP contribution is -2.23. The van der Waals surface area contributed by atoms with Crippen LogP contribution in [0.2, 0.25) is 0 Å². The molecular weight excluding hydrogens is 458 g/mol. The van der Waals surface area contributed by atoms with Gasteiger partial charge in [-0.1, -0.05) is 28.1 Å². The lowest BCUT2D eigenvalue weighted by Gasteiger charge is -2.09. The summed E-state index contributed by atoms with van der Waals surface area (Å²) in [6.45, 7) is 0.156. The van der Waals surface area contributed by atoms with Crippen molar-refractivity contribution in [1.29, 1.82) is 0 Å². The fourth-order valence-corrected chi connectivity index (χ4v) is 5.65. The number of sulfonamides is 1. The highest BCUT2D eigenvalue weighted by atomic mass is 79.9. The molecule has 9 heteroatoms. The zero-order valence-corrected chi connectivity index (χ0v) is 17.3. The van der Waals surface area contributed by atoms with Crippen molar-refractivity contribution >= 4 is 47.1 Å². The minimum absolute atomic E-state index is 0.0705. The fraction of sp³-hybridized carbons (Fsp3) is 0.0588. The predicted molar refractivity (Wildman–Crippen MR) is 104 cm³/mol. The summed E-state index contributed by atoms with van der Waals surface area (Å²) in [6.07, 6.45) is 0. The summed E-state index contributed by atoms with van der Waals surface area (Å²) < 4.78 is 53.7. The Balaban J connectivity index is 1.91. The van der Waals surface area contributed by atoms with E-state index in [0.717, 1.165) is 9.35 Å². The van der Waals surface area contributed by atoms with Crippen molar-refractivity contribution in [3.8, 4) is 0 Å². The summed E-state index contributed by atoms with van der Waals surface area (Å²) in [6, 6.07) is 15.2. The zero-order chi connectivity index (χ0) is 18.8. The van der Waals surface area contributed by atoms with Crippen molar-refractivity contribution in [2.75, 3.05) is 0 Å². The van der Waals surface area contributed by atoms with E-state index in [1.807, 2.05) is 17.5 Å². The van der Waals surface area contributed by atoms with Crippen LogP contribution in [0.1, 0.15) is 4.88 Å². The molecule has 0 radical (unpaired) electrons. The molecule has 5 nitrogen and oxygen atoms in total. The van der Waals surface area contributed by atoms with E-state index in [1.54, 1.807) is 12.1 Å². The van der Waals surface area contributed by atoms with Gasteiger partial charge < -0.3 is 0 Å². The van der Waals surface area contributed by atoms with Crippen LogP contribution in [0.15, 0.2) is 85.2 Å². The molecule has 0 amide bonds. The largest absolute Gasteiger partial charge is 0.240 e. The molecular formula is C17H14BrNO4S3. The van der Waals surface area contributed by atoms with Crippen molar-refractivity contribution < 1.29 is 16.8 Å². The summed E-state index contributed by atoms with van der Waals surface area (Å²) in [5, 5.41) is 1.86. The molecule has 3 rings (SSSR count). The van der Waals surface area contributed by atoms with E-state index in [-0.39, 0.29) is 21.2 Å². The average Bonchev–Trinajstić information content (AvgIpc) is 3.14. The number of halogens is 1. The van der Waals surface area contributed by atoms with E-state index >= 15 is 0 Å². The molecule has 0 aliphatic rings. The highest BCUT2D eigenvalue weighted by Gasteiger charge is 2.21. The molecule has 0 unspecified atom stereocenters. The maximum Gasteiger partial charge on any atom is 0.240 e. The van der Waals surface area contributed by atoms with E-state index < -0.39 is 19.9 Å². The third-order valence-corrected chi connectivity index (χ3v) is 8.14. The van der Waals surface area contributed by atoms with Gasteiger partial charge in [-0.2, -0.15) is 0 Å². The first-order valence-electron chi connectivity index (χ1n) is 7.42. The molecule has 1 heterocycles. The number of sulfone groups is 1. The van der Waals surface area contributed by atoms with Gasteiger partial charge in [-0.05, 0) is 53.9 Å². The Morgan fingerprint density at radius 2 is 1.54 bits per heavy atom. The minimum atomic E-state index is -3.82. The second kappa shape index (κ2) is 7.61. The first kappa shape index (κ1) is 19.2. The Morgan fingerprint density at radius 1 is 0.846 bits per heavy atom. The van der Waals surface area contributed by atoms with Gasteiger partial charge in [0.15, 0.2) is 0 Å². The molecule has 136 valence electrons. The van der Waals surface area contributed by atoms with E-state index in [9.17, 15) is 16.8 Å². The Bertz CT molecular complexity index is 1110. The van der Waals surface area contributed by atoms with Crippen LogP contribution < -0.4 is 4.72 Å². The molecule has 0 saturated carbocycles. The van der Waals surface area contributed by atoms with Crippen molar-refractivity contribution in [3.05, 3.63) is 75.4 Å². The first-order valence-corrected chi connectivity index (χ1v) is 12.1. The van der Waals surface area contributed by atoms with Gasteiger partial charge in [-0.25, -0.2) is 21.6 Å². The minimum Gasteiger partial charge on any atom is -0.219 e. The van der Waals surface area contributed by atoms with Gasteiger partial charge in [-0.3, -0.25) is 0 Å². The normalized spacial score (nSPS) is 12.2. The summed E-state index contributed by atoms with van der Waals surface area (Å²) in [4.78, 5) is 0.806. The number of thiophene rings is 1. The average molecular weight is 472 g/mol. The van der Waals surface area contributed by atoms with Crippen LogP contribution in [0.5, 0.6) is 0 Å². The summed E-state index contributed by atoms with van der Waals surface area (Å²) >= 11 is 4.70. The van der Waals surface area contributed by atoms with Crippen LogP contribution >= 0.6 is 27.3 Å². The first-order chi connectivity index (χ1) is 12.3. The topological polar surface area (TPSA) is 80.3 Å². The van der Waals surface area contributed by atoms with Crippen molar-refractivity contribution in [2.24, 2.45) is 0 Å². The summed E-state index contributed by atoms with van der Waals surface area (Å²) in [7, 11) is -7.63. The SMILES string of the molecule is O=S(=O)(NCc1cccs1)c1cccc(S(=O)(=O)c2ccc(Br)cc2)c1. The van der Waals surface area contributed by atoms with E-state index in [2.05, 4.69) is 20.7 Å². The number of hydrogen-bond donors (Lipinski definition) is 1. The lowest BCUT2D eigenvalue weighted by molar-refractivity contribution is 0.581. The highest BCUT2D eigenvalue weighted by Crippen LogP contribution is 2.24. The van der Waals surface area contributed by atoms with E-state index in [1.165, 1.54) is 47.7 Å². The summed E-state index contributed by atoms with van der Waals surface area (Å²) in [5.41, 5.74) is 0. The Labute approximate surface area is 164 Å². The van der Waals surface area contributed by atoms with Crippen LogP contribution in [0, 0.1) is 0 Å². The van der Waals surface area contributed by atoms with Gasteiger partial charge in [0.25, 0.3) is 0 Å². The van der Waals surface area contributed by atoms with Gasteiger partial charge in [0, 0.05) is 15.9 Å². The van der Waals surface area contributed by atoms with Crippen LogP contribution in [0.4, 0.5) is 0 Å². The monoisotopic (exact) mass is 471 g/mol. The zero-order valence-electron chi connectivity index (χ0n) is 13.3. The maximum atomic E-state index is 12.7. The number of hydrogen-bond acceptors (Lipinski definition) is 5. The molecule has 0 bridgehead atoms. The van der Waals surface area contributed by atoms with Crippen molar-refractivity contribution in [1.82, 2.24) is 4.72 Å². The Kier molecular flexibility index (Phi) is 5.64. The second-order valence-corrected chi connectivity index (χ2v) is 11.0. The smallest absolute Gasteiger partial charge is 0.219 e. The third-order valence-electron chi connectivity index (χ3n) is 3.57. The Hall–Kier alpha value is -1.52. The molecule has 0 fully saturated rings. The molecule has 0 spiro atoms. The maximum absolute atomic E-state index is 12.7. The van der Waals surface area contributed by atoms with Crippen LogP contribution in [-0.4, -0.2) is 16.8 Å². The van der Waals surface area contributed by atoms with Gasteiger partial charge in [0.05, 0.1) is 14.7 Å². The van der Waals surface area contributed by atoms with Crippen molar-refractivity contribution in [3.63, 3.8) is 0 Å².